The minimum Gasteiger partial charge on any atom is -0.497 e. The third-order valence-electron chi connectivity index (χ3n) is 3.15. The van der Waals surface area contributed by atoms with Crippen LogP contribution in [0.3, 0.4) is 0 Å². The molecule has 0 radical (unpaired) electrons. The SMILES string of the molecule is COc1ccc(CNC(=O)COc2ccc(Cl)c(C)c2)cc1. The van der Waals surface area contributed by atoms with Gasteiger partial charge in [0.05, 0.1) is 7.11 Å². The van der Waals surface area contributed by atoms with E-state index in [-0.39, 0.29) is 12.5 Å². The maximum Gasteiger partial charge on any atom is 0.258 e. The number of benzene rings is 2. The van der Waals surface area contributed by atoms with E-state index >= 15 is 0 Å². The molecule has 5 heteroatoms. The van der Waals surface area contributed by atoms with Crippen LogP contribution in [0.15, 0.2) is 42.5 Å². The number of rotatable bonds is 6. The molecule has 1 amide bonds. The zero-order valence-electron chi connectivity index (χ0n) is 12.6. The molecule has 0 aliphatic carbocycles. The Morgan fingerprint density at radius 3 is 2.45 bits per heavy atom. The third-order valence-corrected chi connectivity index (χ3v) is 3.57. The van der Waals surface area contributed by atoms with Crippen LogP contribution in [0.5, 0.6) is 11.5 Å². The normalized spacial score (nSPS) is 10.1. The number of ether oxygens (including phenoxy) is 2. The fourth-order valence-electron chi connectivity index (χ4n) is 1.85. The Kier molecular flexibility index (Phi) is 5.67. The lowest BCUT2D eigenvalue weighted by Crippen LogP contribution is -2.28. The van der Waals surface area contributed by atoms with Crippen LogP contribution in [0.25, 0.3) is 0 Å². The van der Waals surface area contributed by atoms with Crippen molar-refractivity contribution in [3.63, 3.8) is 0 Å². The molecule has 0 spiro atoms. The van der Waals surface area contributed by atoms with Gasteiger partial charge in [0.15, 0.2) is 6.61 Å². The highest BCUT2D eigenvalue weighted by Crippen LogP contribution is 2.20. The maximum absolute atomic E-state index is 11.8. The molecule has 0 saturated carbocycles. The average molecular weight is 320 g/mol. The Bertz CT molecular complexity index is 641. The Balaban J connectivity index is 1.78. The zero-order chi connectivity index (χ0) is 15.9. The lowest BCUT2D eigenvalue weighted by atomic mass is 10.2. The molecule has 116 valence electrons. The quantitative estimate of drug-likeness (QED) is 0.888. The summed E-state index contributed by atoms with van der Waals surface area (Å²) in [6.07, 6.45) is 0. The molecule has 0 saturated heterocycles. The fraction of sp³-hybridized carbons (Fsp3) is 0.235. The van der Waals surface area contributed by atoms with E-state index < -0.39 is 0 Å². The first kappa shape index (κ1) is 16.2. The smallest absolute Gasteiger partial charge is 0.258 e. The number of hydrogen-bond acceptors (Lipinski definition) is 3. The molecule has 22 heavy (non-hydrogen) atoms. The molecule has 0 aromatic heterocycles. The van der Waals surface area contributed by atoms with E-state index in [1.807, 2.05) is 31.2 Å². The molecule has 0 aliphatic rings. The van der Waals surface area contributed by atoms with Crippen LogP contribution < -0.4 is 14.8 Å². The highest BCUT2D eigenvalue weighted by Gasteiger charge is 2.04. The van der Waals surface area contributed by atoms with Gasteiger partial charge in [-0.3, -0.25) is 4.79 Å². The third kappa shape index (κ3) is 4.67. The maximum atomic E-state index is 11.8. The lowest BCUT2D eigenvalue weighted by Gasteiger charge is -2.09. The second kappa shape index (κ2) is 7.71. The first-order valence-electron chi connectivity index (χ1n) is 6.87. The molecule has 2 aromatic rings. The van der Waals surface area contributed by atoms with Gasteiger partial charge in [-0.2, -0.15) is 0 Å². The van der Waals surface area contributed by atoms with Gasteiger partial charge in [0.25, 0.3) is 5.91 Å². The number of nitrogens with one attached hydrogen (secondary N) is 1. The van der Waals surface area contributed by atoms with Crippen molar-refractivity contribution in [2.45, 2.75) is 13.5 Å². The van der Waals surface area contributed by atoms with E-state index in [1.165, 1.54) is 0 Å². The van der Waals surface area contributed by atoms with E-state index in [0.717, 1.165) is 16.9 Å². The standard InChI is InChI=1S/C17H18ClNO3/c1-12-9-15(7-8-16(12)18)22-11-17(20)19-10-13-3-5-14(21-2)6-4-13/h3-9H,10-11H2,1-2H3,(H,19,20). The van der Waals surface area contributed by atoms with E-state index in [4.69, 9.17) is 21.1 Å². The van der Waals surface area contributed by atoms with Crippen molar-refractivity contribution >= 4 is 17.5 Å². The Labute approximate surface area is 135 Å². The van der Waals surface area contributed by atoms with Crippen molar-refractivity contribution in [2.24, 2.45) is 0 Å². The van der Waals surface area contributed by atoms with Gasteiger partial charge in [0, 0.05) is 11.6 Å². The van der Waals surface area contributed by atoms with Crippen molar-refractivity contribution < 1.29 is 14.3 Å². The van der Waals surface area contributed by atoms with Crippen LogP contribution in [0, 0.1) is 6.92 Å². The Hall–Kier alpha value is -2.20. The number of carbonyl (C=O) groups excluding carboxylic acids is 1. The lowest BCUT2D eigenvalue weighted by molar-refractivity contribution is -0.123. The highest BCUT2D eigenvalue weighted by atomic mass is 35.5. The molecule has 1 N–H and O–H groups in total. The molecule has 4 nitrogen and oxygen atoms in total. The van der Waals surface area contributed by atoms with Gasteiger partial charge in [0.2, 0.25) is 0 Å². The second-order valence-electron chi connectivity index (χ2n) is 4.82. The molecule has 2 aromatic carbocycles. The van der Waals surface area contributed by atoms with E-state index in [1.54, 1.807) is 25.3 Å². The van der Waals surface area contributed by atoms with Gasteiger partial charge in [-0.1, -0.05) is 23.7 Å². The predicted molar refractivity (Wildman–Crippen MR) is 86.5 cm³/mol. The second-order valence-corrected chi connectivity index (χ2v) is 5.23. The van der Waals surface area contributed by atoms with Gasteiger partial charge in [-0.25, -0.2) is 0 Å². The van der Waals surface area contributed by atoms with Crippen molar-refractivity contribution in [1.82, 2.24) is 5.32 Å². The fourth-order valence-corrected chi connectivity index (χ4v) is 1.97. The van der Waals surface area contributed by atoms with Crippen LogP contribution in [0.2, 0.25) is 5.02 Å². The molecule has 0 aliphatic heterocycles. The zero-order valence-corrected chi connectivity index (χ0v) is 13.3. The molecule has 0 heterocycles. The summed E-state index contributed by atoms with van der Waals surface area (Å²) in [7, 11) is 1.62. The first-order valence-corrected chi connectivity index (χ1v) is 7.25. The highest BCUT2D eigenvalue weighted by molar-refractivity contribution is 6.31. The molecular formula is C17H18ClNO3. The van der Waals surface area contributed by atoms with Crippen LogP contribution in [0.1, 0.15) is 11.1 Å². The number of hydrogen-bond donors (Lipinski definition) is 1. The van der Waals surface area contributed by atoms with Gasteiger partial charge in [-0.05, 0) is 48.4 Å². The minimum absolute atomic E-state index is 0.0305. The van der Waals surface area contributed by atoms with Gasteiger partial charge >= 0.3 is 0 Å². The van der Waals surface area contributed by atoms with Crippen molar-refractivity contribution in [3.05, 3.63) is 58.6 Å². The first-order chi connectivity index (χ1) is 10.6. The summed E-state index contributed by atoms with van der Waals surface area (Å²) in [5.41, 5.74) is 1.91. The van der Waals surface area contributed by atoms with Crippen molar-refractivity contribution in [3.8, 4) is 11.5 Å². The summed E-state index contributed by atoms with van der Waals surface area (Å²) in [6.45, 7) is 2.31. The number of methoxy groups -OCH3 is 1. The van der Waals surface area contributed by atoms with Crippen molar-refractivity contribution in [1.29, 1.82) is 0 Å². The molecule has 0 atom stereocenters. The number of halogens is 1. The van der Waals surface area contributed by atoms with Gasteiger partial charge < -0.3 is 14.8 Å². The summed E-state index contributed by atoms with van der Waals surface area (Å²) in [4.78, 5) is 11.8. The molecule has 0 fully saturated rings. The van der Waals surface area contributed by atoms with E-state index in [2.05, 4.69) is 5.32 Å². The molecule has 0 bridgehead atoms. The van der Waals surface area contributed by atoms with E-state index in [9.17, 15) is 4.79 Å². The average Bonchev–Trinajstić information content (AvgIpc) is 2.54. The summed E-state index contributed by atoms with van der Waals surface area (Å²) in [5.74, 6) is 1.24. The number of amides is 1. The molecule has 0 unspecified atom stereocenters. The Morgan fingerprint density at radius 1 is 1.14 bits per heavy atom. The topological polar surface area (TPSA) is 47.6 Å². The van der Waals surface area contributed by atoms with E-state index in [0.29, 0.717) is 17.3 Å². The van der Waals surface area contributed by atoms with Gasteiger partial charge in [0.1, 0.15) is 11.5 Å². The largest absolute Gasteiger partial charge is 0.497 e. The number of aryl methyl sites for hydroxylation is 1. The molecule has 2 rings (SSSR count). The van der Waals surface area contributed by atoms with Gasteiger partial charge in [-0.15, -0.1) is 0 Å². The summed E-state index contributed by atoms with van der Waals surface area (Å²) in [6, 6.07) is 12.8. The summed E-state index contributed by atoms with van der Waals surface area (Å²) >= 11 is 5.94. The Morgan fingerprint density at radius 2 is 1.82 bits per heavy atom. The van der Waals surface area contributed by atoms with Crippen LogP contribution in [-0.2, 0) is 11.3 Å². The molecular weight excluding hydrogens is 302 g/mol. The van der Waals surface area contributed by atoms with Crippen LogP contribution in [-0.4, -0.2) is 19.6 Å². The summed E-state index contributed by atoms with van der Waals surface area (Å²) in [5, 5.41) is 3.48. The monoisotopic (exact) mass is 319 g/mol. The van der Waals surface area contributed by atoms with Crippen LogP contribution in [0.4, 0.5) is 0 Å². The summed E-state index contributed by atoms with van der Waals surface area (Å²) < 4.78 is 10.5. The number of carbonyl (C=O) groups is 1. The van der Waals surface area contributed by atoms with Crippen molar-refractivity contribution in [2.75, 3.05) is 13.7 Å². The minimum atomic E-state index is -0.177. The van der Waals surface area contributed by atoms with Crippen LogP contribution >= 0.6 is 11.6 Å². The predicted octanol–water partition coefficient (Wildman–Crippen LogP) is 3.35.